The summed E-state index contributed by atoms with van der Waals surface area (Å²) in [6.07, 6.45) is 1.76. The molecule has 1 N–H and O–H groups in total. The Hall–Kier alpha value is -3.51. The van der Waals surface area contributed by atoms with E-state index in [4.69, 9.17) is 14.8 Å². The van der Waals surface area contributed by atoms with Crippen LogP contribution in [0.2, 0.25) is 0 Å². The number of ether oxygens (including phenoxy) is 1. The molecule has 33 heavy (non-hydrogen) atoms. The highest BCUT2D eigenvalue weighted by molar-refractivity contribution is 7.98. The summed E-state index contributed by atoms with van der Waals surface area (Å²) >= 11 is 1.55. The second kappa shape index (κ2) is 7.81. The van der Waals surface area contributed by atoms with E-state index in [0.717, 1.165) is 44.8 Å². The van der Waals surface area contributed by atoms with Crippen LogP contribution < -0.4 is 10.1 Å². The second-order valence-corrected chi connectivity index (χ2v) is 9.32. The van der Waals surface area contributed by atoms with Gasteiger partial charge in [0.1, 0.15) is 17.9 Å². The first-order valence-corrected chi connectivity index (χ1v) is 12.3. The van der Waals surface area contributed by atoms with Crippen LogP contribution in [0.3, 0.4) is 0 Å². The van der Waals surface area contributed by atoms with Crippen molar-refractivity contribution in [3.8, 4) is 5.75 Å². The molecule has 0 bridgehead atoms. The maximum absolute atomic E-state index is 6.70. The fourth-order valence-corrected chi connectivity index (χ4v) is 5.07. The van der Waals surface area contributed by atoms with Gasteiger partial charge in [-0.05, 0) is 43.4 Å². The molecule has 5 nitrogen and oxygen atoms in total. The number of nitrogens with one attached hydrogen (secondary N) is 1. The van der Waals surface area contributed by atoms with E-state index in [1.165, 1.54) is 11.1 Å². The van der Waals surface area contributed by atoms with Crippen molar-refractivity contribution in [1.82, 2.24) is 14.8 Å². The van der Waals surface area contributed by atoms with Gasteiger partial charge < -0.3 is 10.1 Å². The molecule has 0 saturated carbocycles. The van der Waals surface area contributed by atoms with Crippen molar-refractivity contribution >= 4 is 23.4 Å². The monoisotopic (exact) mass is 452 g/mol. The number of para-hydroxylation sites is 1. The van der Waals surface area contributed by atoms with Crippen molar-refractivity contribution < 1.29 is 4.74 Å². The molecule has 2 atom stereocenters. The molecule has 0 unspecified atom stereocenters. The summed E-state index contributed by atoms with van der Waals surface area (Å²) in [6, 6.07) is 25.3. The maximum Gasteiger partial charge on any atom is 0.227 e. The molecule has 0 fully saturated rings. The predicted octanol–water partition coefficient (Wildman–Crippen LogP) is 6.18. The van der Waals surface area contributed by atoms with E-state index in [-0.39, 0.29) is 12.1 Å². The Labute approximate surface area is 197 Å². The summed E-state index contributed by atoms with van der Waals surface area (Å²) in [5.41, 5.74) is 7.98. The van der Waals surface area contributed by atoms with Crippen LogP contribution in [0, 0.1) is 13.8 Å². The minimum absolute atomic E-state index is 0.135. The molecule has 0 aliphatic carbocycles. The van der Waals surface area contributed by atoms with Gasteiger partial charge in [-0.25, -0.2) is 4.68 Å². The molecule has 2 aliphatic rings. The number of hydrogen-bond acceptors (Lipinski definition) is 5. The molecule has 3 heterocycles. The molecular weight excluding hydrogens is 428 g/mol. The average Bonchev–Trinajstić information content (AvgIpc) is 3.26. The smallest absolute Gasteiger partial charge is 0.227 e. The lowest BCUT2D eigenvalue weighted by Gasteiger charge is -2.39. The lowest BCUT2D eigenvalue weighted by molar-refractivity contribution is 0.223. The van der Waals surface area contributed by atoms with E-state index in [9.17, 15) is 0 Å². The molecule has 0 amide bonds. The minimum Gasteiger partial charge on any atom is -0.480 e. The molecular formula is C27H24N4OS. The van der Waals surface area contributed by atoms with Crippen molar-refractivity contribution in [3.05, 3.63) is 106 Å². The highest BCUT2D eigenvalue weighted by Crippen LogP contribution is 2.50. The lowest BCUT2D eigenvalue weighted by atomic mass is 9.84. The Bertz CT molecular complexity index is 1390. The quantitative estimate of drug-likeness (QED) is 0.376. The van der Waals surface area contributed by atoms with E-state index in [2.05, 4.69) is 79.8 Å². The molecule has 3 aromatic carbocycles. The number of anilines is 1. The number of thioether (sulfide) groups is 1. The Morgan fingerprint density at radius 1 is 0.909 bits per heavy atom. The van der Waals surface area contributed by atoms with Crippen LogP contribution in [0.4, 0.5) is 5.95 Å². The third kappa shape index (κ3) is 3.33. The number of aryl methyl sites for hydroxylation is 2. The molecule has 0 saturated heterocycles. The van der Waals surface area contributed by atoms with Crippen LogP contribution in [-0.2, 0) is 0 Å². The van der Waals surface area contributed by atoms with Gasteiger partial charge in [-0.2, -0.15) is 4.98 Å². The van der Waals surface area contributed by atoms with Crippen molar-refractivity contribution in [3.63, 3.8) is 0 Å². The number of fused-ring (bicyclic) bond motifs is 3. The van der Waals surface area contributed by atoms with Crippen LogP contribution in [0.5, 0.6) is 5.75 Å². The van der Waals surface area contributed by atoms with Crippen molar-refractivity contribution in [1.29, 1.82) is 0 Å². The fraction of sp³-hybridized carbons (Fsp3) is 0.185. The number of benzene rings is 3. The van der Waals surface area contributed by atoms with E-state index >= 15 is 0 Å². The SMILES string of the molecule is CSc1nc2n(n1)[C@H](c1ccc(C)cc1)C1=C(N2)c2ccccc2O[C@H]1c1cccc(C)c1. The summed E-state index contributed by atoms with van der Waals surface area (Å²) in [4.78, 5) is 4.77. The standard InChI is InChI=1S/C27H24N4OS/c1-16-11-13-18(14-12-16)24-22-23(28-26-29-27(33-3)30-31(24)26)20-9-4-5-10-21(20)32-25(22)19-8-6-7-17(2)15-19/h4-15,24-25H,1-3H3,(H,28,29,30)/t24-,25+/m1/s1. The van der Waals surface area contributed by atoms with Gasteiger partial charge in [0.05, 0.1) is 5.70 Å². The Balaban J connectivity index is 1.64. The second-order valence-electron chi connectivity index (χ2n) is 8.54. The summed E-state index contributed by atoms with van der Waals surface area (Å²) in [5.74, 6) is 1.62. The van der Waals surface area contributed by atoms with Crippen LogP contribution >= 0.6 is 11.8 Å². The van der Waals surface area contributed by atoms with Gasteiger partial charge in [0.2, 0.25) is 11.1 Å². The van der Waals surface area contributed by atoms with Gasteiger partial charge >= 0.3 is 0 Å². The number of hydrogen-bond donors (Lipinski definition) is 1. The zero-order valence-electron chi connectivity index (χ0n) is 18.7. The summed E-state index contributed by atoms with van der Waals surface area (Å²) in [7, 11) is 0. The lowest BCUT2D eigenvalue weighted by Crippen LogP contribution is -2.32. The van der Waals surface area contributed by atoms with Crippen molar-refractivity contribution in [2.45, 2.75) is 31.1 Å². The first kappa shape index (κ1) is 20.1. The van der Waals surface area contributed by atoms with Gasteiger partial charge in [-0.15, -0.1) is 5.10 Å². The molecule has 2 aliphatic heterocycles. The predicted molar refractivity (Wildman–Crippen MR) is 133 cm³/mol. The van der Waals surface area contributed by atoms with Gasteiger partial charge in [0.15, 0.2) is 0 Å². The van der Waals surface area contributed by atoms with Crippen LogP contribution in [0.1, 0.15) is 40.0 Å². The zero-order valence-corrected chi connectivity index (χ0v) is 19.6. The molecule has 6 heteroatoms. The molecule has 0 spiro atoms. The topological polar surface area (TPSA) is 52.0 Å². The fourth-order valence-electron chi connectivity index (χ4n) is 4.72. The third-order valence-corrected chi connectivity index (χ3v) is 6.82. The molecule has 164 valence electrons. The van der Waals surface area contributed by atoms with E-state index in [0.29, 0.717) is 0 Å². The van der Waals surface area contributed by atoms with Crippen molar-refractivity contribution in [2.75, 3.05) is 11.6 Å². The summed E-state index contributed by atoms with van der Waals surface area (Å²) in [6.45, 7) is 4.23. The Morgan fingerprint density at radius 3 is 2.52 bits per heavy atom. The van der Waals surface area contributed by atoms with E-state index in [1.54, 1.807) is 11.8 Å². The number of nitrogens with zero attached hydrogens (tertiary/aromatic N) is 3. The molecule has 1 aromatic heterocycles. The van der Waals surface area contributed by atoms with E-state index < -0.39 is 0 Å². The summed E-state index contributed by atoms with van der Waals surface area (Å²) in [5, 5.41) is 9.22. The largest absolute Gasteiger partial charge is 0.480 e. The van der Waals surface area contributed by atoms with E-state index in [1.807, 2.05) is 23.1 Å². The van der Waals surface area contributed by atoms with Gasteiger partial charge in [-0.3, -0.25) is 0 Å². The zero-order chi connectivity index (χ0) is 22.5. The molecule has 4 aromatic rings. The number of aromatic nitrogens is 3. The third-order valence-electron chi connectivity index (χ3n) is 6.28. The first-order valence-electron chi connectivity index (χ1n) is 11.0. The Kier molecular flexibility index (Phi) is 4.76. The first-order chi connectivity index (χ1) is 16.1. The Morgan fingerprint density at radius 2 is 1.73 bits per heavy atom. The normalized spacial score (nSPS) is 18.6. The maximum atomic E-state index is 6.70. The van der Waals surface area contributed by atoms with Crippen LogP contribution in [0.25, 0.3) is 5.70 Å². The van der Waals surface area contributed by atoms with Gasteiger partial charge in [0.25, 0.3) is 0 Å². The highest BCUT2D eigenvalue weighted by Gasteiger charge is 2.41. The highest BCUT2D eigenvalue weighted by atomic mass is 32.2. The van der Waals surface area contributed by atoms with Crippen LogP contribution in [-0.4, -0.2) is 21.0 Å². The molecule has 0 radical (unpaired) electrons. The average molecular weight is 453 g/mol. The van der Waals surface area contributed by atoms with Gasteiger partial charge in [0, 0.05) is 11.1 Å². The number of rotatable bonds is 3. The van der Waals surface area contributed by atoms with Crippen molar-refractivity contribution in [2.24, 2.45) is 0 Å². The van der Waals surface area contributed by atoms with Crippen LogP contribution in [0.15, 0.2) is 83.5 Å². The minimum atomic E-state index is -0.247. The summed E-state index contributed by atoms with van der Waals surface area (Å²) < 4.78 is 8.71. The van der Waals surface area contributed by atoms with Gasteiger partial charge in [-0.1, -0.05) is 83.6 Å². The molecule has 6 rings (SSSR count).